The second-order valence-corrected chi connectivity index (χ2v) is 27.0. The smallest absolute Gasteiger partial charge is 0.270 e. The highest BCUT2D eigenvalue weighted by Gasteiger charge is 2.13. The van der Waals surface area contributed by atoms with E-state index in [1.807, 2.05) is 48.5 Å². The molecule has 12 heteroatoms. The summed E-state index contributed by atoms with van der Waals surface area (Å²) in [5.74, 6) is 0.402. The fourth-order valence-electron chi connectivity index (χ4n) is 13.8. The highest BCUT2D eigenvalue weighted by atomic mass is 14.8. The van der Waals surface area contributed by atoms with Gasteiger partial charge in [-0.1, -0.05) is 225 Å². The van der Waals surface area contributed by atoms with Crippen LogP contribution in [-0.2, 0) is 0 Å². The lowest BCUT2D eigenvalue weighted by molar-refractivity contribution is 1.26. The van der Waals surface area contributed by atoms with E-state index in [2.05, 4.69) is 305 Å². The average Bonchev–Trinajstić information content (AvgIpc) is 0.803. The Balaban J connectivity index is 0.000000129. The molecule has 0 atom stereocenters. The molecule has 528 valence electrons. The summed E-state index contributed by atoms with van der Waals surface area (Å²) in [5.41, 5.74) is 28.1. The van der Waals surface area contributed by atoms with Gasteiger partial charge in [-0.25, -0.2) is 14.7 Å². The Labute approximate surface area is 659 Å². The molecule has 0 fully saturated rings. The Bertz CT molecular complexity index is 5870. The first-order valence-electron chi connectivity index (χ1n) is 36.4. The molecular weight excluding hydrogens is 1390 g/mol. The Kier molecular flexibility index (Phi) is 20.6. The summed E-state index contributed by atoms with van der Waals surface area (Å²) < 4.78 is 0. The van der Waals surface area contributed by atoms with Gasteiger partial charge in [0.05, 0.1) is 41.7 Å². The van der Waals surface area contributed by atoms with Crippen LogP contribution < -0.4 is 0 Å². The minimum absolute atomic E-state index is 0.402. The van der Waals surface area contributed by atoms with E-state index in [0.29, 0.717) is 34.0 Å². The lowest BCUT2D eigenvalue weighted by atomic mass is 9.96. The maximum absolute atomic E-state index is 9.15. The summed E-state index contributed by atoms with van der Waals surface area (Å²) in [6.45, 7) is 21.6. The zero-order valence-corrected chi connectivity index (χ0v) is 61.0. The number of rotatable bonds is 12. The van der Waals surface area contributed by atoms with Crippen LogP contribution >= 0.6 is 0 Å². The molecule has 6 aromatic heterocycles. The van der Waals surface area contributed by atoms with Crippen LogP contribution in [0.3, 0.4) is 0 Å². The zero-order valence-electron chi connectivity index (χ0n) is 61.0. The van der Waals surface area contributed by atoms with Crippen molar-refractivity contribution in [1.82, 2.24) is 29.9 Å². The summed E-state index contributed by atoms with van der Waals surface area (Å²) in [6, 6.07) is 114. The van der Waals surface area contributed by atoms with Gasteiger partial charge >= 0.3 is 0 Å². The van der Waals surface area contributed by atoms with Gasteiger partial charge in [-0.2, -0.15) is 15.8 Å². The van der Waals surface area contributed by atoms with E-state index >= 15 is 0 Å². The van der Waals surface area contributed by atoms with E-state index in [0.717, 1.165) is 134 Å². The molecule has 0 spiro atoms. The third kappa shape index (κ3) is 16.1. The van der Waals surface area contributed by atoms with Crippen LogP contribution in [0.5, 0.6) is 0 Å². The number of aromatic nitrogens is 6. The predicted octanol–water partition coefficient (Wildman–Crippen LogP) is 26.2. The fraction of sp³-hybridized carbons (Fsp3) is 0. The van der Waals surface area contributed by atoms with Crippen molar-refractivity contribution in [2.24, 2.45) is 0 Å². The van der Waals surface area contributed by atoms with Gasteiger partial charge in [-0.05, 0) is 241 Å². The molecule has 0 aliphatic rings. The molecule has 0 N–H and O–H groups in total. The normalized spacial score (nSPS) is 10.6. The molecule has 6 heterocycles. The van der Waals surface area contributed by atoms with Crippen LogP contribution in [0.15, 0.2) is 365 Å². The van der Waals surface area contributed by atoms with Gasteiger partial charge in [0, 0.05) is 54.5 Å². The molecule has 0 radical (unpaired) electrons. The molecule has 0 bridgehead atoms. The van der Waals surface area contributed by atoms with Gasteiger partial charge in [0.1, 0.15) is 24.0 Å². The lowest BCUT2D eigenvalue weighted by Crippen LogP contribution is -1.86. The molecule has 0 amide bonds. The average molecular weight is 1450 g/mol. The van der Waals surface area contributed by atoms with Gasteiger partial charge in [0.25, 0.3) is 5.82 Å². The molecular formula is C102H60N12. The second-order valence-electron chi connectivity index (χ2n) is 27.0. The molecule has 18 rings (SSSR count). The molecule has 18 aromatic rings. The monoisotopic (exact) mass is 1450 g/mol. The molecule has 12 nitrogen and oxygen atoms in total. The first-order chi connectivity index (χ1) is 56.1. The van der Waals surface area contributed by atoms with Crippen molar-refractivity contribution in [2.75, 3.05) is 0 Å². The highest BCUT2D eigenvalue weighted by Crippen LogP contribution is 2.37. The summed E-state index contributed by atoms with van der Waals surface area (Å²) in [4.78, 5) is 35.6. The third-order valence-corrected chi connectivity index (χ3v) is 20.0. The van der Waals surface area contributed by atoms with E-state index < -0.39 is 0 Å². The number of nitrogens with zero attached hydrogens (tertiary/aromatic N) is 12. The molecule has 0 saturated carbocycles. The van der Waals surface area contributed by atoms with Crippen molar-refractivity contribution in [2.45, 2.75) is 0 Å². The third-order valence-electron chi connectivity index (χ3n) is 20.0. The van der Waals surface area contributed by atoms with E-state index in [1.165, 1.54) is 32.3 Å². The lowest BCUT2D eigenvalue weighted by Gasteiger charge is -2.09. The van der Waals surface area contributed by atoms with E-state index in [4.69, 9.17) is 35.5 Å². The predicted molar refractivity (Wildman–Crippen MR) is 457 cm³/mol. The van der Waals surface area contributed by atoms with Gasteiger partial charge in [0.15, 0.2) is 5.69 Å². The van der Waals surface area contributed by atoms with Crippen LogP contribution in [0, 0.1) is 53.7 Å². The maximum atomic E-state index is 9.15. The molecule has 12 aromatic carbocycles. The number of nitriles is 3. The van der Waals surface area contributed by atoms with Gasteiger partial charge in [-0.3, -0.25) is 19.9 Å². The molecule has 0 aliphatic carbocycles. The van der Waals surface area contributed by atoms with Crippen LogP contribution in [-0.4, -0.2) is 29.9 Å². The number of benzene rings is 12. The Morgan fingerprint density at radius 2 is 0.526 bits per heavy atom. The van der Waals surface area contributed by atoms with Crippen molar-refractivity contribution < 1.29 is 0 Å². The maximum Gasteiger partial charge on any atom is 0.270 e. The van der Waals surface area contributed by atoms with E-state index in [1.54, 1.807) is 73.8 Å². The second kappa shape index (κ2) is 32.8. The largest absolute Gasteiger partial charge is 0.361 e. The van der Waals surface area contributed by atoms with Crippen molar-refractivity contribution in [1.29, 1.82) is 15.8 Å². The van der Waals surface area contributed by atoms with Crippen LogP contribution in [0.25, 0.3) is 181 Å². The van der Waals surface area contributed by atoms with Crippen LogP contribution in [0.1, 0.15) is 16.8 Å². The molecule has 0 aliphatic heterocycles. The number of hydrogen-bond acceptors (Lipinski definition) is 9. The minimum Gasteiger partial charge on any atom is -0.361 e. The van der Waals surface area contributed by atoms with Crippen molar-refractivity contribution in [3.05, 3.63) is 416 Å². The van der Waals surface area contributed by atoms with Gasteiger partial charge < -0.3 is 4.85 Å². The summed E-state index contributed by atoms with van der Waals surface area (Å²) in [7, 11) is 0. The Hall–Kier alpha value is -16.7. The van der Waals surface area contributed by atoms with Crippen molar-refractivity contribution in [3.63, 3.8) is 0 Å². The first-order valence-corrected chi connectivity index (χ1v) is 36.4. The first kappa shape index (κ1) is 71.5. The standard InChI is InChI=1S/3C34H20N4/c1-36-34-17-33(21-38-22-34)27-8-4-25(5-9-27)29-11-13-30-15-28(10-12-31(30)16-29)24-2-6-26(7-3-24)32-14-23(18-35)19-37-20-32;1-36-32-15-17-38-34(21-32)27-8-4-25(5-9-27)29-11-13-30-19-28(10-12-31(30)20-29)24-2-6-26(7-3-24)33-18-23(22-35)14-16-37-33;1-36-34-21-32(15-17-38-34)26-8-4-24(5-9-26)28-11-13-29-18-27(10-12-30(29)19-28)23-2-6-25(7-3-23)31-14-16-37-33(20-31)22-35/h2-17,19-22H;2*2-21H. The Morgan fingerprint density at radius 3 is 0.904 bits per heavy atom. The number of hydrogen-bond donors (Lipinski definition) is 0. The van der Waals surface area contributed by atoms with E-state index in [9.17, 15) is 0 Å². The van der Waals surface area contributed by atoms with E-state index in [-0.39, 0.29) is 0 Å². The van der Waals surface area contributed by atoms with Crippen molar-refractivity contribution in [3.8, 4) is 152 Å². The fourth-order valence-corrected chi connectivity index (χ4v) is 13.8. The summed E-state index contributed by atoms with van der Waals surface area (Å²) in [5, 5.41) is 34.5. The zero-order chi connectivity index (χ0) is 77.7. The molecule has 0 unspecified atom stereocenters. The quantitative estimate of drug-likeness (QED) is 0.108. The molecule has 0 saturated heterocycles. The highest BCUT2D eigenvalue weighted by molar-refractivity contribution is 5.95. The molecule has 114 heavy (non-hydrogen) atoms. The minimum atomic E-state index is 0.402. The number of pyridine rings is 6. The van der Waals surface area contributed by atoms with Crippen molar-refractivity contribution >= 4 is 49.5 Å². The van der Waals surface area contributed by atoms with Gasteiger partial charge in [0.2, 0.25) is 5.69 Å². The number of fused-ring (bicyclic) bond motifs is 3. The van der Waals surface area contributed by atoms with Gasteiger partial charge in [-0.15, -0.1) is 4.98 Å². The SMILES string of the molecule is [C-]#[N+]c1cc(-c2ccc(-c3ccc4cc(-c5ccc(-c6ccnc(C#N)c6)cc5)ccc4c3)cc2)ccn1.[C-]#[N+]c1ccnc(-c2ccc(-c3ccc4cc(-c5ccc(-c6cc(C#N)ccn6)cc5)ccc4c3)cc2)c1.[C-]#[N+]c1cncc(-c2ccc(-c3ccc4cc(-c5ccc(-c6cncc(C#N)c6)cc5)ccc4c3)cc2)c1. The van der Waals surface area contributed by atoms with Crippen LogP contribution in [0.4, 0.5) is 17.2 Å². The summed E-state index contributed by atoms with van der Waals surface area (Å²) >= 11 is 0. The van der Waals surface area contributed by atoms with Crippen LogP contribution in [0.2, 0.25) is 0 Å². The topological polar surface area (TPSA) is 162 Å². The summed E-state index contributed by atoms with van der Waals surface area (Å²) in [6.07, 6.45) is 13.4. The Morgan fingerprint density at radius 1 is 0.211 bits per heavy atom.